The number of benzene rings is 2. The van der Waals surface area contributed by atoms with Gasteiger partial charge in [0, 0.05) is 11.3 Å². The molecular weight excluding hydrogens is 268 g/mol. The molecular formula is C16H16N2OS. The van der Waals surface area contributed by atoms with Crippen molar-refractivity contribution in [2.75, 3.05) is 12.8 Å². The fourth-order valence-electron chi connectivity index (χ4n) is 2.26. The standard InChI is InChI=1S/C16H16N2OS/c1-9-6-11(17)7-13(10(9)2)16-18-14-5-4-12(19-3)8-15(14)20-16/h4-8H,17H2,1-3H3. The van der Waals surface area contributed by atoms with Crippen LogP contribution in [0.3, 0.4) is 0 Å². The normalized spacial score (nSPS) is 10.9. The molecule has 4 heteroatoms. The molecule has 1 aromatic heterocycles. The number of nitrogens with two attached hydrogens (primary N) is 1. The largest absolute Gasteiger partial charge is 0.497 e. The Morgan fingerprint density at radius 2 is 1.95 bits per heavy atom. The first-order chi connectivity index (χ1) is 9.58. The number of methoxy groups -OCH3 is 1. The minimum Gasteiger partial charge on any atom is -0.497 e. The van der Waals surface area contributed by atoms with Gasteiger partial charge in [-0.3, -0.25) is 0 Å². The Labute approximate surface area is 122 Å². The van der Waals surface area contributed by atoms with E-state index >= 15 is 0 Å². The number of aromatic nitrogens is 1. The molecule has 0 aliphatic rings. The molecule has 0 saturated carbocycles. The summed E-state index contributed by atoms with van der Waals surface area (Å²) < 4.78 is 6.38. The molecule has 0 unspecified atom stereocenters. The molecule has 3 nitrogen and oxygen atoms in total. The molecule has 0 radical (unpaired) electrons. The highest BCUT2D eigenvalue weighted by molar-refractivity contribution is 7.21. The Hall–Kier alpha value is -2.07. The van der Waals surface area contributed by atoms with Crippen molar-refractivity contribution in [1.29, 1.82) is 0 Å². The molecule has 1 heterocycles. The van der Waals surface area contributed by atoms with E-state index in [1.807, 2.05) is 30.3 Å². The molecule has 0 aliphatic heterocycles. The van der Waals surface area contributed by atoms with Gasteiger partial charge >= 0.3 is 0 Å². The van der Waals surface area contributed by atoms with Crippen LogP contribution in [0.2, 0.25) is 0 Å². The van der Waals surface area contributed by atoms with Gasteiger partial charge in [-0.2, -0.15) is 0 Å². The maximum Gasteiger partial charge on any atom is 0.124 e. The Balaban J connectivity index is 2.20. The van der Waals surface area contributed by atoms with E-state index < -0.39 is 0 Å². The van der Waals surface area contributed by atoms with Crippen molar-refractivity contribution in [3.8, 4) is 16.3 Å². The van der Waals surface area contributed by atoms with E-state index in [0.717, 1.165) is 32.2 Å². The summed E-state index contributed by atoms with van der Waals surface area (Å²) in [4.78, 5) is 4.71. The number of thiazole rings is 1. The molecule has 0 aliphatic carbocycles. The smallest absolute Gasteiger partial charge is 0.124 e. The SMILES string of the molecule is COc1ccc2nc(-c3cc(N)cc(C)c3C)sc2c1. The van der Waals surface area contributed by atoms with Gasteiger partial charge in [0.05, 0.1) is 17.3 Å². The second-order valence-corrected chi connectivity index (χ2v) is 5.89. The van der Waals surface area contributed by atoms with E-state index in [1.165, 1.54) is 11.1 Å². The van der Waals surface area contributed by atoms with Crippen LogP contribution in [0, 0.1) is 13.8 Å². The van der Waals surface area contributed by atoms with Crippen molar-refractivity contribution in [2.24, 2.45) is 0 Å². The topological polar surface area (TPSA) is 48.1 Å². The molecule has 0 amide bonds. The quantitative estimate of drug-likeness (QED) is 0.718. The maximum atomic E-state index is 5.96. The highest BCUT2D eigenvalue weighted by Crippen LogP contribution is 2.35. The zero-order valence-electron chi connectivity index (χ0n) is 11.7. The van der Waals surface area contributed by atoms with Crippen LogP contribution in [-0.4, -0.2) is 12.1 Å². The summed E-state index contributed by atoms with van der Waals surface area (Å²) in [7, 11) is 1.68. The van der Waals surface area contributed by atoms with Crippen LogP contribution < -0.4 is 10.5 Å². The minimum atomic E-state index is 0.778. The van der Waals surface area contributed by atoms with Crippen LogP contribution >= 0.6 is 11.3 Å². The van der Waals surface area contributed by atoms with Gasteiger partial charge in [-0.15, -0.1) is 11.3 Å². The summed E-state index contributed by atoms with van der Waals surface area (Å²) in [6.07, 6.45) is 0. The molecule has 0 fully saturated rings. The van der Waals surface area contributed by atoms with E-state index in [9.17, 15) is 0 Å². The molecule has 0 atom stereocenters. The Kier molecular flexibility index (Phi) is 3.10. The van der Waals surface area contributed by atoms with Crippen molar-refractivity contribution in [3.05, 3.63) is 41.5 Å². The van der Waals surface area contributed by atoms with Gasteiger partial charge in [0.15, 0.2) is 0 Å². The number of ether oxygens (including phenoxy) is 1. The van der Waals surface area contributed by atoms with Crippen molar-refractivity contribution in [1.82, 2.24) is 4.98 Å². The number of nitrogens with zero attached hydrogens (tertiary/aromatic N) is 1. The lowest BCUT2D eigenvalue weighted by atomic mass is 10.0. The lowest BCUT2D eigenvalue weighted by molar-refractivity contribution is 0.415. The molecule has 0 spiro atoms. The highest BCUT2D eigenvalue weighted by atomic mass is 32.1. The molecule has 20 heavy (non-hydrogen) atoms. The van der Waals surface area contributed by atoms with Gasteiger partial charge in [0.2, 0.25) is 0 Å². The number of nitrogen functional groups attached to an aromatic ring is 1. The van der Waals surface area contributed by atoms with Crippen LogP contribution in [0.1, 0.15) is 11.1 Å². The predicted octanol–water partition coefficient (Wildman–Crippen LogP) is 4.17. The summed E-state index contributed by atoms with van der Waals surface area (Å²) in [6.45, 7) is 4.18. The van der Waals surface area contributed by atoms with Gasteiger partial charge in [-0.05, 0) is 55.3 Å². The van der Waals surface area contributed by atoms with E-state index in [2.05, 4.69) is 13.8 Å². The maximum absolute atomic E-state index is 5.96. The van der Waals surface area contributed by atoms with Crippen molar-refractivity contribution >= 4 is 27.2 Å². The first-order valence-corrected chi connectivity index (χ1v) is 7.22. The average Bonchev–Trinajstić information content (AvgIpc) is 2.85. The zero-order valence-corrected chi connectivity index (χ0v) is 12.5. The Morgan fingerprint density at radius 3 is 2.70 bits per heavy atom. The molecule has 3 rings (SSSR count). The second-order valence-electron chi connectivity index (χ2n) is 4.86. The van der Waals surface area contributed by atoms with E-state index in [0.29, 0.717) is 0 Å². The monoisotopic (exact) mass is 284 g/mol. The Bertz CT molecular complexity index is 793. The van der Waals surface area contributed by atoms with Gasteiger partial charge in [-0.1, -0.05) is 0 Å². The average molecular weight is 284 g/mol. The number of fused-ring (bicyclic) bond motifs is 1. The number of anilines is 1. The summed E-state index contributed by atoms with van der Waals surface area (Å²) in [6, 6.07) is 9.93. The molecule has 0 bridgehead atoms. The third-order valence-corrected chi connectivity index (χ3v) is 4.57. The van der Waals surface area contributed by atoms with E-state index in [-0.39, 0.29) is 0 Å². The minimum absolute atomic E-state index is 0.778. The first-order valence-electron chi connectivity index (χ1n) is 6.40. The lowest BCUT2D eigenvalue weighted by Gasteiger charge is -2.07. The number of rotatable bonds is 2. The molecule has 2 aromatic carbocycles. The fraction of sp³-hybridized carbons (Fsp3) is 0.188. The van der Waals surface area contributed by atoms with Crippen molar-refractivity contribution in [2.45, 2.75) is 13.8 Å². The molecule has 0 saturated heterocycles. The van der Waals surface area contributed by atoms with Crippen molar-refractivity contribution < 1.29 is 4.74 Å². The highest BCUT2D eigenvalue weighted by Gasteiger charge is 2.11. The zero-order chi connectivity index (χ0) is 14.3. The van der Waals surface area contributed by atoms with Gasteiger partial charge in [0.25, 0.3) is 0 Å². The summed E-state index contributed by atoms with van der Waals surface area (Å²) in [5, 5.41) is 1.00. The van der Waals surface area contributed by atoms with Gasteiger partial charge in [-0.25, -0.2) is 4.98 Å². The van der Waals surface area contributed by atoms with Crippen molar-refractivity contribution in [3.63, 3.8) is 0 Å². The van der Waals surface area contributed by atoms with Crippen LogP contribution in [-0.2, 0) is 0 Å². The summed E-state index contributed by atoms with van der Waals surface area (Å²) in [5.41, 5.74) is 11.3. The van der Waals surface area contributed by atoms with Crippen LogP contribution in [0.15, 0.2) is 30.3 Å². The van der Waals surface area contributed by atoms with Crippen LogP contribution in [0.25, 0.3) is 20.8 Å². The Morgan fingerprint density at radius 1 is 1.15 bits per heavy atom. The first kappa shape index (κ1) is 12.9. The summed E-state index contributed by atoms with van der Waals surface area (Å²) >= 11 is 1.66. The predicted molar refractivity (Wildman–Crippen MR) is 85.5 cm³/mol. The van der Waals surface area contributed by atoms with Gasteiger partial charge in [0.1, 0.15) is 10.8 Å². The van der Waals surface area contributed by atoms with Gasteiger partial charge < -0.3 is 10.5 Å². The van der Waals surface area contributed by atoms with E-state index in [4.69, 9.17) is 15.5 Å². The summed E-state index contributed by atoms with van der Waals surface area (Å²) in [5.74, 6) is 0.855. The number of aryl methyl sites for hydroxylation is 1. The fourth-order valence-corrected chi connectivity index (χ4v) is 3.32. The van der Waals surface area contributed by atoms with E-state index in [1.54, 1.807) is 18.4 Å². The number of hydrogen-bond donors (Lipinski definition) is 1. The second kappa shape index (κ2) is 4.80. The third kappa shape index (κ3) is 2.12. The molecule has 2 N–H and O–H groups in total. The third-order valence-electron chi connectivity index (χ3n) is 3.52. The lowest BCUT2D eigenvalue weighted by Crippen LogP contribution is -1.92. The van der Waals surface area contributed by atoms with Crippen LogP contribution in [0.5, 0.6) is 5.75 Å². The molecule has 3 aromatic rings. The number of hydrogen-bond acceptors (Lipinski definition) is 4. The van der Waals surface area contributed by atoms with Crippen LogP contribution in [0.4, 0.5) is 5.69 Å². The molecule has 102 valence electrons.